The zero-order valence-electron chi connectivity index (χ0n) is 18.9. The summed E-state index contributed by atoms with van der Waals surface area (Å²) in [5, 5.41) is 8.95. The number of hydrogen-bond acceptors (Lipinski definition) is 4. The Labute approximate surface area is 196 Å². The van der Waals surface area contributed by atoms with Crippen molar-refractivity contribution in [2.24, 2.45) is 5.92 Å². The third-order valence-corrected chi connectivity index (χ3v) is 6.48. The van der Waals surface area contributed by atoms with Crippen molar-refractivity contribution in [3.8, 4) is 28.4 Å². The first-order chi connectivity index (χ1) is 16.4. The topological polar surface area (TPSA) is 88.1 Å². The van der Waals surface area contributed by atoms with E-state index in [4.69, 9.17) is 9.84 Å². The van der Waals surface area contributed by atoms with Gasteiger partial charge in [0.2, 0.25) is 5.88 Å². The molecule has 34 heavy (non-hydrogen) atoms. The minimum absolute atomic E-state index is 0.0488. The largest absolute Gasteiger partial charge is 0.481 e. The summed E-state index contributed by atoms with van der Waals surface area (Å²) in [6.45, 7) is 2.01. The lowest BCUT2D eigenvalue weighted by Gasteiger charge is -2.27. The molecule has 1 aliphatic rings. The molecule has 1 saturated carbocycles. The van der Waals surface area contributed by atoms with E-state index in [0.717, 1.165) is 53.4 Å². The number of carboxylic acid groups (broad SMARTS) is 1. The highest BCUT2D eigenvalue weighted by atomic mass is 19.1. The average molecular weight is 460 g/mol. The number of aliphatic carboxylic acids is 1. The fourth-order valence-electron chi connectivity index (χ4n) is 4.63. The number of halogens is 1. The number of carboxylic acids is 1. The van der Waals surface area contributed by atoms with Gasteiger partial charge in [-0.3, -0.25) is 4.79 Å². The third kappa shape index (κ3) is 4.78. The molecule has 2 aromatic carbocycles. The van der Waals surface area contributed by atoms with E-state index in [0.29, 0.717) is 17.3 Å². The molecule has 2 aromatic heterocycles. The van der Waals surface area contributed by atoms with E-state index in [9.17, 15) is 9.18 Å². The van der Waals surface area contributed by atoms with Gasteiger partial charge < -0.3 is 14.8 Å². The van der Waals surface area contributed by atoms with Crippen molar-refractivity contribution in [3.63, 3.8) is 0 Å². The summed E-state index contributed by atoms with van der Waals surface area (Å²) in [7, 11) is 0. The smallest absolute Gasteiger partial charge is 0.303 e. The number of rotatable bonds is 6. The molecule has 174 valence electrons. The van der Waals surface area contributed by atoms with Crippen LogP contribution in [0.25, 0.3) is 33.5 Å². The lowest BCUT2D eigenvalue weighted by molar-refractivity contribution is -0.138. The first-order valence-electron chi connectivity index (χ1n) is 11.6. The summed E-state index contributed by atoms with van der Waals surface area (Å²) in [5.74, 6) is 0.171. The van der Waals surface area contributed by atoms with Crippen LogP contribution in [0.15, 0.2) is 54.7 Å². The molecule has 0 aliphatic heterocycles. The molecule has 2 heterocycles. The van der Waals surface area contributed by atoms with Crippen LogP contribution in [-0.4, -0.2) is 32.1 Å². The number of aryl methyl sites for hydroxylation is 1. The molecule has 0 atom stereocenters. The molecule has 1 aliphatic carbocycles. The van der Waals surface area contributed by atoms with Crippen molar-refractivity contribution >= 4 is 17.0 Å². The van der Waals surface area contributed by atoms with Gasteiger partial charge in [-0.2, -0.15) is 0 Å². The molecule has 2 N–H and O–H groups in total. The number of benzene rings is 2. The number of aromatic amines is 1. The van der Waals surface area contributed by atoms with E-state index in [2.05, 4.69) is 15.0 Å². The number of nitrogens with one attached hydrogen (secondary N) is 1. The summed E-state index contributed by atoms with van der Waals surface area (Å²) in [6.07, 6.45) is 5.32. The molecule has 6 nitrogen and oxygen atoms in total. The van der Waals surface area contributed by atoms with Gasteiger partial charge in [-0.15, -0.1) is 0 Å². The van der Waals surface area contributed by atoms with Crippen LogP contribution in [0.2, 0.25) is 0 Å². The molecule has 0 radical (unpaired) electrons. The maximum atomic E-state index is 15.0. The average Bonchev–Trinajstić information content (AvgIpc) is 3.23. The Morgan fingerprint density at radius 2 is 1.88 bits per heavy atom. The summed E-state index contributed by atoms with van der Waals surface area (Å²) in [6, 6.07) is 14.7. The molecule has 0 unspecified atom stereocenters. The van der Waals surface area contributed by atoms with Gasteiger partial charge in [0.15, 0.2) is 0 Å². The van der Waals surface area contributed by atoms with E-state index >= 15 is 0 Å². The van der Waals surface area contributed by atoms with Crippen molar-refractivity contribution < 1.29 is 19.0 Å². The molecule has 5 rings (SSSR count). The van der Waals surface area contributed by atoms with Crippen LogP contribution >= 0.6 is 0 Å². The van der Waals surface area contributed by atoms with E-state index in [1.807, 2.05) is 37.3 Å². The second-order valence-electron chi connectivity index (χ2n) is 9.04. The molecule has 0 bridgehead atoms. The Balaban J connectivity index is 1.26. The zero-order chi connectivity index (χ0) is 23.7. The van der Waals surface area contributed by atoms with Crippen molar-refractivity contribution in [1.82, 2.24) is 15.0 Å². The highest BCUT2D eigenvalue weighted by Crippen LogP contribution is 2.31. The monoisotopic (exact) mass is 459 g/mol. The lowest BCUT2D eigenvalue weighted by atomic mass is 9.85. The van der Waals surface area contributed by atoms with Crippen molar-refractivity contribution in [2.45, 2.75) is 45.1 Å². The summed E-state index contributed by atoms with van der Waals surface area (Å²) in [4.78, 5) is 23.0. The number of carbonyl (C=O) groups is 1. The second-order valence-corrected chi connectivity index (χ2v) is 9.04. The Bertz CT molecular complexity index is 1320. The number of nitrogens with zero attached hydrogens (tertiary/aromatic N) is 2. The van der Waals surface area contributed by atoms with Crippen LogP contribution < -0.4 is 4.74 Å². The Morgan fingerprint density at radius 3 is 2.59 bits per heavy atom. The maximum absolute atomic E-state index is 15.0. The fraction of sp³-hybridized carbons (Fsp3) is 0.296. The predicted molar refractivity (Wildman–Crippen MR) is 128 cm³/mol. The van der Waals surface area contributed by atoms with Crippen LogP contribution in [0.1, 0.15) is 37.7 Å². The van der Waals surface area contributed by atoms with Gasteiger partial charge in [0, 0.05) is 24.2 Å². The molecular formula is C27H26FN3O3. The van der Waals surface area contributed by atoms with Gasteiger partial charge in [-0.05, 0) is 80.0 Å². The van der Waals surface area contributed by atoms with Gasteiger partial charge in [-0.1, -0.05) is 12.1 Å². The first-order valence-corrected chi connectivity index (χ1v) is 11.6. The highest BCUT2D eigenvalue weighted by molar-refractivity contribution is 5.80. The van der Waals surface area contributed by atoms with Crippen molar-refractivity contribution in [1.29, 1.82) is 0 Å². The molecular weight excluding hydrogens is 433 g/mol. The fourth-order valence-corrected chi connectivity index (χ4v) is 4.63. The van der Waals surface area contributed by atoms with Crippen LogP contribution in [0.3, 0.4) is 0 Å². The van der Waals surface area contributed by atoms with Gasteiger partial charge >= 0.3 is 5.97 Å². The Morgan fingerprint density at radius 1 is 1.09 bits per heavy atom. The van der Waals surface area contributed by atoms with Crippen LogP contribution in [-0.2, 0) is 4.79 Å². The van der Waals surface area contributed by atoms with E-state index in [1.54, 1.807) is 18.3 Å². The number of H-pyrrole nitrogens is 1. The molecule has 7 heteroatoms. The van der Waals surface area contributed by atoms with E-state index in [1.165, 1.54) is 6.07 Å². The second kappa shape index (κ2) is 9.25. The summed E-state index contributed by atoms with van der Waals surface area (Å²) in [5.41, 5.74) is 4.74. The standard InChI is InChI=1S/C27H26FN3O3/c1-16-2-10-23-24(12-16)31-27(30-23)21-9-5-18(14-22(21)28)19-6-11-25(29-15-19)34-20-7-3-17(4-8-20)13-26(32)33/h2,5-6,9-12,14-15,17,20H,3-4,7-8,13H2,1H3,(H,30,31)(H,32,33)/t17-,20-. The quantitative estimate of drug-likeness (QED) is 0.361. The van der Waals surface area contributed by atoms with Gasteiger partial charge in [0.05, 0.1) is 16.6 Å². The lowest BCUT2D eigenvalue weighted by Crippen LogP contribution is -2.25. The van der Waals surface area contributed by atoms with Crippen molar-refractivity contribution in [2.75, 3.05) is 0 Å². The predicted octanol–water partition coefficient (Wildman–Crippen LogP) is 6.15. The molecule has 0 amide bonds. The minimum Gasteiger partial charge on any atom is -0.481 e. The summed E-state index contributed by atoms with van der Waals surface area (Å²) >= 11 is 0. The molecule has 0 spiro atoms. The SMILES string of the molecule is Cc1ccc2nc(-c3ccc(-c4ccc(O[C@H]5CC[C@H](CC(=O)O)CC5)nc4)cc3F)[nH]c2c1. The zero-order valence-corrected chi connectivity index (χ0v) is 18.9. The van der Waals surface area contributed by atoms with Crippen LogP contribution in [0.4, 0.5) is 4.39 Å². The number of aromatic nitrogens is 3. The number of pyridine rings is 1. The highest BCUT2D eigenvalue weighted by Gasteiger charge is 2.24. The Hall–Kier alpha value is -3.74. The van der Waals surface area contributed by atoms with Gasteiger partial charge in [-0.25, -0.2) is 14.4 Å². The van der Waals surface area contributed by atoms with E-state index in [-0.39, 0.29) is 24.3 Å². The molecule has 1 fully saturated rings. The van der Waals surface area contributed by atoms with Gasteiger partial charge in [0.1, 0.15) is 17.7 Å². The van der Waals surface area contributed by atoms with Crippen molar-refractivity contribution in [3.05, 3.63) is 66.1 Å². The minimum atomic E-state index is -0.737. The number of fused-ring (bicyclic) bond motifs is 1. The molecule has 4 aromatic rings. The maximum Gasteiger partial charge on any atom is 0.303 e. The first kappa shape index (κ1) is 22.1. The van der Waals surface area contributed by atoms with E-state index < -0.39 is 5.97 Å². The number of ether oxygens (including phenoxy) is 1. The third-order valence-electron chi connectivity index (χ3n) is 6.48. The van der Waals surface area contributed by atoms with Crippen LogP contribution in [0.5, 0.6) is 5.88 Å². The summed E-state index contributed by atoms with van der Waals surface area (Å²) < 4.78 is 21.0. The number of hydrogen-bond donors (Lipinski definition) is 2. The van der Waals surface area contributed by atoms with Crippen LogP contribution in [0, 0.1) is 18.7 Å². The normalized spacial score (nSPS) is 18.2. The van der Waals surface area contributed by atoms with Gasteiger partial charge in [0.25, 0.3) is 0 Å². The Kier molecular flexibility index (Phi) is 6.01. The number of imidazole rings is 1. The molecule has 0 saturated heterocycles.